The van der Waals surface area contributed by atoms with Crippen molar-refractivity contribution in [3.63, 3.8) is 0 Å². The molecule has 4 N–H and O–H groups in total. The Hall–Kier alpha value is -3.48. The molecule has 1 aliphatic heterocycles. The molecule has 1 aromatic carbocycles. The third-order valence-corrected chi connectivity index (χ3v) is 6.02. The maximum atomic E-state index is 9.98. The van der Waals surface area contributed by atoms with E-state index in [4.69, 9.17) is 0 Å². The molecule has 33 heavy (non-hydrogen) atoms. The Kier molecular flexibility index (Phi) is 5.82. The average Bonchev–Trinajstić information content (AvgIpc) is 3.31. The Morgan fingerprint density at radius 3 is 2.82 bits per heavy atom. The summed E-state index contributed by atoms with van der Waals surface area (Å²) in [5.41, 5.74) is 3.40. The van der Waals surface area contributed by atoms with Gasteiger partial charge < -0.3 is 20.8 Å². The number of aliphatic hydroxyl groups excluding tert-OH is 1. The van der Waals surface area contributed by atoms with Crippen LogP contribution in [0.5, 0.6) is 0 Å². The molecule has 0 spiro atoms. The highest BCUT2D eigenvalue weighted by atomic mass is 16.3. The smallest absolute Gasteiger partial charge is 0.228 e. The number of benzene rings is 1. The number of nitrogens with one attached hydrogen (secondary N) is 2. The molecule has 0 amide bonds. The summed E-state index contributed by atoms with van der Waals surface area (Å²) < 4.78 is 1.84. The zero-order valence-electron chi connectivity index (χ0n) is 19.3. The molecular formula is C24H29N7O2. The maximum absolute atomic E-state index is 9.98. The quantitative estimate of drug-likeness (QED) is 0.434. The Morgan fingerprint density at radius 2 is 2.12 bits per heavy atom. The number of hydrogen-bond acceptors (Lipinski definition) is 8. The lowest BCUT2D eigenvalue weighted by molar-refractivity contribution is 0.0649. The number of aryl methyl sites for hydroxylation is 2. The van der Waals surface area contributed by atoms with Crippen LogP contribution in [0.25, 0.3) is 11.3 Å². The van der Waals surface area contributed by atoms with Crippen LogP contribution < -0.4 is 10.6 Å². The first-order valence-electron chi connectivity index (χ1n) is 10.9. The van der Waals surface area contributed by atoms with Gasteiger partial charge in [0.15, 0.2) is 5.82 Å². The summed E-state index contributed by atoms with van der Waals surface area (Å²) in [5.74, 6) is 1.01. The fraction of sp³-hybridized carbons (Fsp3) is 0.417. The summed E-state index contributed by atoms with van der Waals surface area (Å²) in [5, 5.41) is 40.5. The topological polar surface area (TPSA) is 132 Å². The highest BCUT2D eigenvalue weighted by Crippen LogP contribution is 2.41. The van der Waals surface area contributed by atoms with Crippen molar-refractivity contribution in [1.82, 2.24) is 19.7 Å². The van der Waals surface area contributed by atoms with Crippen molar-refractivity contribution in [1.29, 1.82) is 5.26 Å². The van der Waals surface area contributed by atoms with Crippen LogP contribution in [-0.2, 0) is 12.0 Å². The van der Waals surface area contributed by atoms with Crippen LogP contribution in [0.2, 0.25) is 0 Å². The van der Waals surface area contributed by atoms with E-state index in [1.807, 2.05) is 30.7 Å². The van der Waals surface area contributed by atoms with Gasteiger partial charge in [0.1, 0.15) is 6.07 Å². The molecule has 3 aromatic rings. The van der Waals surface area contributed by atoms with Gasteiger partial charge in [-0.15, -0.1) is 0 Å². The van der Waals surface area contributed by atoms with Gasteiger partial charge >= 0.3 is 0 Å². The van der Waals surface area contributed by atoms with Gasteiger partial charge in [0, 0.05) is 42.0 Å². The van der Waals surface area contributed by atoms with Gasteiger partial charge in [-0.25, -0.2) is 9.97 Å². The third-order valence-electron chi connectivity index (χ3n) is 6.02. The number of nitriles is 1. The molecule has 9 heteroatoms. The highest BCUT2D eigenvalue weighted by Gasteiger charge is 2.36. The van der Waals surface area contributed by atoms with Crippen molar-refractivity contribution in [2.24, 2.45) is 0 Å². The van der Waals surface area contributed by atoms with Gasteiger partial charge in [-0.05, 0) is 51.0 Å². The van der Waals surface area contributed by atoms with E-state index in [2.05, 4.69) is 31.8 Å². The van der Waals surface area contributed by atoms with Crippen molar-refractivity contribution in [2.45, 2.75) is 51.7 Å². The minimum absolute atomic E-state index is 0.0205. The van der Waals surface area contributed by atoms with Gasteiger partial charge in [-0.2, -0.15) is 10.4 Å². The van der Waals surface area contributed by atoms with Crippen LogP contribution >= 0.6 is 0 Å². The number of fused-ring (bicyclic) bond motifs is 1. The molecule has 4 rings (SSSR count). The minimum Gasteiger partial charge on any atom is -0.395 e. The highest BCUT2D eigenvalue weighted by molar-refractivity contribution is 5.76. The number of anilines is 3. The van der Waals surface area contributed by atoms with Crippen molar-refractivity contribution < 1.29 is 10.2 Å². The van der Waals surface area contributed by atoms with E-state index in [-0.39, 0.29) is 6.61 Å². The van der Waals surface area contributed by atoms with Crippen LogP contribution in [0.15, 0.2) is 30.5 Å². The van der Waals surface area contributed by atoms with Crippen molar-refractivity contribution in [3.05, 3.63) is 47.3 Å². The first-order valence-corrected chi connectivity index (χ1v) is 10.9. The molecule has 0 unspecified atom stereocenters. The molecule has 1 atom stereocenters. The number of nitrogens with zero attached hydrogens (tertiary/aromatic N) is 5. The van der Waals surface area contributed by atoms with Gasteiger partial charge in [0.25, 0.3) is 0 Å². The Balaban J connectivity index is 1.61. The lowest BCUT2D eigenvalue weighted by atomic mass is 9.83. The Labute approximate surface area is 193 Å². The van der Waals surface area contributed by atoms with E-state index in [0.717, 1.165) is 22.5 Å². The van der Waals surface area contributed by atoms with Gasteiger partial charge in [0.05, 0.1) is 29.2 Å². The van der Waals surface area contributed by atoms with E-state index in [1.165, 1.54) is 0 Å². The van der Waals surface area contributed by atoms with Crippen LogP contribution in [-0.4, -0.2) is 48.7 Å². The Bertz CT molecular complexity index is 1220. The first-order chi connectivity index (χ1) is 15.6. The van der Waals surface area contributed by atoms with Crippen LogP contribution in [0.3, 0.4) is 0 Å². The molecule has 9 nitrogen and oxygen atoms in total. The summed E-state index contributed by atoms with van der Waals surface area (Å²) >= 11 is 0. The van der Waals surface area contributed by atoms with E-state index in [1.54, 1.807) is 32.2 Å². The summed E-state index contributed by atoms with van der Waals surface area (Å²) in [7, 11) is 0. The lowest BCUT2D eigenvalue weighted by Crippen LogP contribution is -2.28. The summed E-state index contributed by atoms with van der Waals surface area (Å²) in [6.45, 7) is 8.64. The van der Waals surface area contributed by atoms with Crippen LogP contribution in [0.1, 0.15) is 44.0 Å². The van der Waals surface area contributed by atoms with Gasteiger partial charge in [-0.3, -0.25) is 4.68 Å². The molecule has 0 fully saturated rings. The molecule has 3 heterocycles. The number of aliphatic hydroxyl groups is 2. The van der Waals surface area contributed by atoms with E-state index in [0.29, 0.717) is 42.5 Å². The van der Waals surface area contributed by atoms with E-state index < -0.39 is 11.0 Å². The Morgan fingerprint density at radius 1 is 1.33 bits per heavy atom. The molecule has 2 aromatic heterocycles. The third kappa shape index (κ3) is 4.67. The standard InChI is InChI=1S/C24H29N7O2/c1-15-9-20(30-31(15)8-6-23(2,3)33)29-22-26-7-5-19(28-22)16-10-17(12-25)21-18(11-16)24(4,14-32)13-27-21/h5,7,9-11,27,32-33H,6,8,13-14H2,1-4H3,(H,26,28,29,30)/t24-/m1/s1. The molecular weight excluding hydrogens is 418 g/mol. The van der Waals surface area contributed by atoms with Crippen LogP contribution in [0.4, 0.5) is 17.5 Å². The summed E-state index contributed by atoms with van der Waals surface area (Å²) in [6, 6.07) is 9.73. The molecule has 172 valence electrons. The SMILES string of the molecule is Cc1cc(Nc2nccc(-c3cc(C#N)c4c(c3)[C@@](C)(CO)CN4)n2)nn1CCC(C)(C)O. The first kappa shape index (κ1) is 22.7. The van der Waals surface area contributed by atoms with E-state index in [9.17, 15) is 15.5 Å². The fourth-order valence-electron chi connectivity index (χ4n) is 3.94. The number of hydrogen-bond donors (Lipinski definition) is 4. The molecule has 0 radical (unpaired) electrons. The second-order valence-electron chi connectivity index (χ2n) is 9.48. The zero-order valence-corrected chi connectivity index (χ0v) is 19.3. The van der Waals surface area contributed by atoms with Crippen LogP contribution in [0, 0.1) is 18.3 Å². The second-order valence-corrected chi connectivity index (χ2v) is 9.48. The largest absolute Gasteiger partial charge is 0.395 e. The fourth-order valence-corrected chi connectivity index (χ4v) is 3.94. The average molecular weight is 448 g/mol. The molecule has 0 saturated carbocycles. The predicted molar refractivity (Wildman–Crippen MR) is 126 cm³/mol. The molecule has 0 saturated heterocycles. The zero-order chi connectivity index (χ0) is 23.8. The molecule has 0 aliphatic carbocycles. The van der Waals surface area contributed by atoms with Crippen molar-refractivity contribution in [2.75, 3.05) is 23.8 Å². The predicted octanol–water partition coefficient (Wildman–Crippen LogP) is 3.10. The summed E-state index contributed by atoms with van der Waals surface area (Å²) in [6.07, 6.45) is 2.24. The lowest BCUT2D eigenvalue weighted by Gasteiger charge is -2.21. The normalized spacial score (nSPS) is 17.4. The number of rotatable bonds is 7. The minimum atomic E-state index is -0.761. The molecule has 1 aliphatic rings. The number of aromatic nitrogens is 4. The van der Waals surface area contributed by atoms with Crippen molar-refractivity contribution in [3.8, 4) is 17.3 Å². The maximum Gasteiger partial charge on any atom is 0.228 e. The summed E-state index contributed by atoms with van der Waals surface area (Å²) in [4.78, 5) is 8.95. The van der Waals surface area contributed by atoms with E-state index >= 15 is 0 Å². The van der Waals surface area contributed by atoms with Gasteiger partial charge in [-0.1, -0.05) is 6.92 Å². The second kappa shape index (κ2) is 8.46. The monoisotopic (exact) mass is 447 g/mol. The van der Waals surface area contributed by atoms with Gasteiger partial charge in [0.2, 0.25) is 5.95 Å². The van der Waals surface area contributed by atoms with Crippen molar-refractivity contribution >= 4 is 17.5 Å². The molecule has 0 bridgehead atoms.